The van der Waals surface area contributed by atoms with Gasteiger partial charge in [-0.1, -0.05) is 0 Å². The van der Waals surface area contributed by atoms with E-state index in [-0.39, 0.29) is 18.8 Å². The van der Waals surface area contributed by atoms with Crippen LogP contribution in [0.3, 0.4) is 0 Å². The smallest absolute Gasteiger partial charge is 0.305 e. The number of aliphatic carboxylic acids is 1. The van der Waals surface area contributed by atoms with Crippen molar-refractivity contribution in [2.24, 2.45) is 0 Å². The number of ketones is 1. The van der Waals surface area contributed by atoms with E-state index >= 15 is 0 Å². The second-order valence-electron chi connectivity index (χ2n) is 4.95. The molecule has 0 atom stereocenters. The Labute approximate surface area is 121 Å². The highest BCUT2D eigenvalue weighted by molar-refractivity contribution is 5.75. The van der Waals surface area contributed by atoms with E-state index in [4.69, 9.17) is 14.6 Å². The number of carboxylic acids is 1. The maximum absolute atomic E-state index is 10.8. The summed E-state index contributed by atoms with van der Waals surface area (Å²) in [6.45, 7) is 9.06. The van der Waals surface area contributed by atoms with Crippen molar-refractivity contribution in [3.63, 3.8) is 0 Å². The fourth-order valence-electron chi connectivity index (χ4n) is 1.57. The Bertz CT molecular complexity index is 257. The van der Waals surface area contributed by atoms with Crippen molar-refractivity contribution in [1.29, 1.82) is 0 Å². The highest BCUT2D eigenvalue weighted by atomic mass is 16.5. The molecule has 0 radical (unpaired) electrons. The Balaban J connectivity index is 3.65. The van der Waals surface area contributed by atoms with Gasteiger partial charge in [-0.25, -0.2) is 0 Å². The van der Waals surface area contributed by atoms with E-state index in [2.05, 4.69) is 18.7 Å². The normalized spacial score (nSPS) is 11.2. The highest BCUT2D eigenvalue weighted by Gasteiger charge is 2.09. The summed E-state index contributed by atoms with van der Waals surface area (Å²) >= 11 is 0. The minimum absolute atomic E-state index is 0.0375. The molecule has 0 spiro atoms. The maximum atomic E-state index is 10.8. The summed E-state index contributed by atoms with van der Waals surface area (Å²) in [5.41, 5.74) is 0. The lowest BCUT2D eigenvalue weighted by Gasteiger charge is -2.26. The van der Waals surface area contributed by atoms with Crippen LogP contribution in [0.15, 0.2) is 0 Å². The highest BCUT2D eigenvalue weighted by Crippen LogP contribution is 1.98. The molecule has 0 bridgehead atoms. The minimum Gasteiger partial charge on any atom is -0.481 e. The Hall–Kier alpha value is -0.980. The number of rotatable bonds is 13. The standard InChI is InChI=1S/C14H27NO5/c1-12(2)15(6-10-19-8-4-13(3)16)7-11-20-9-5-14(17)18/h12H,4-11H2,1-3H3,(H,17,18). The van der Waals surface area contributed by atoms with Gasteiger partial charge < -0.3 is 14.6 Å². The predicted molar refractivity (Wildman–Crippen MR) is 75.9 cm³/mol. The van der Waals surface area contributed by atoms with Gasteiger partial charge >= 0.3 is 5.97 Å². The molecular formula is C14H27NO5. The van der Waals surface area contributed by atoms with Gasteiger partial charge in [0.05, 0.1) is 32.8 Å². The maximum Gasteiger partial charge on any atom is 0.305 e. The summed E-state index contributed by atoms with van der Waals surface area (Å²) in [6, 6.07) is 0.370. The average Bonchev–Trinajstić information content (AvgIpc) is 2.34. The summed E-state index contributed by atoms with van der Waals surface area (Å²) < 4.78 is 10.7. The number of carbonyl (C=O) groups excluding carboxylic acids is 1. The van der Waals surface area contributed by atoms with Crippen molar-refractivity contribution in [3.8, 4) is 0 Å². The molecule has 0 unspecified atom stereocenters. The van der Waals surface area contributed by atoms with Crippen LogP contribution < -0.4 is 0 Å². The van der Waals surface area contributed by atoms with Crippen molar-refractivity contribution in [2.75, 3.05) is 39.5 Å². The summed E-state index contributed by atoms with van der Waals surface area (Å²) in [5, 5.41) is 8.48. The molecule has 0 aromatic rings. The molecule has 0 aromatic carbocycles. The van der Waals surface area contributed by atoms with Crippen LogP contribution in [-0.4, -0.2) is 67.3 Å². The molecule has 20 heavy (non-hydrogen) atoms. The number of hydrogen-bond acceptors (Lipinski definition) is 5. The summed E-state index contributed by atoms with van der Waals surface area (Å²) in [4.78, 5) is 23.3. The van der Waals surface area contributed by atoms with E-state index in [1.54, 1.807) is 6.92 Å². The second-order valence-corrected chi connectivity index (χ2v) is 4.95. The third kappa shape index (κ3) is 12.1. The van der Waals surface area contributed by atoms with Crippen LogP contribution in [0.25, 0.3) is 0 Å². The topological polar surface area (TPSA) is 76.1 Å². The summed E-state index contributed by atoms with van der Waals surface area (Å²) in [6.07, 6.45) is 0.496. The molecule has 0 amide bonds. The van der Waals surface area contributed by atoms with Gasteiger partial charge in [-0.05, 0) is 20.8 Å². The summed E-state index contributed by atoms with van der Waals surface area (Å²) in [5.74, 6) is -0.706. The number of carboxylic acid groups (broad SMARTS) is 1. The predicted octanol–water partition coefficient (Wildman–Crippen LogP) is 1.18. The first-order valence-electron chi connectivity index (χ1n) is 7.04. The zero-order valence-electron chi connectivity index (χ0n) is 12.8. The third-order valence-electron chi connectivity index (χ3n) is 2.83. The first-order chi connectivity index (χ1) is 9.43. The molecule has 6 nitrogen and oxygen atoms in total. The number of hydrogen-bond donors (Lipinski definition) is 1. The molecule has 0 aliphatic heterocycles. The van der Waals surface area contributed by atoms with Crippen molar-refractivity contribution < 1.29 is 24.2 Å². The van der Waals surface area contributed by atoms with Gasteiger partial charge in [0.1, 0.15) is 5.78 Å². The monoisotopic (exact) mass is 289 g/mol. The largest absolute Gasteiger partial charge is 0.481 e. The second kappa shape index (κ2) is 11.8. The third-order valence-corrected chi connectivity index (χ3v) is 2.83. The number of nitrogens with zero attached hydrogens (tertiary/aromatic N) is 1. The van der Waals surface area contributed by atoms with Crippen LogP contribution in [0.1, 0.15) is 33.6 Å². The molecule has 0 saturated carbocycles. The van der Waals surface area contributed by atoms with Crippen LogP contribution in [0.4, 0.5) is 0 Å². The van der Waals surface area contributed by atoms with Crippen molar-refractivity contribution in [2.45, 2.75) is 39.7 Å². The molecule has 6 heteroatoms. The van der Waals surface area contributed by atoms with Gasteiger partial charge in [-0.15, -0.1) is 0 Å². The molecule has 0 aliphatic carbocycles. The van der Waals surface area contributed by atoms with E-state index in [1.165, 1.54) is 0 Å². The Kier molecular flexibility index (Phi) is 11.2. The van der Waals surface area contributed by atoms with E-state index in [1.807, 2.05) is 0 Å². The SMILES string of the molecule is CC(=O)CCOCCN(CCOCCC(=O)O)C(C)C. The van der Waals surface area contributed by atoms with E-state index in [0.717, 1.165) is 13.1 Å². The Morgan fingerprint density at radius 3 is 1.90 bits per heavy atom. The lowest BCUT2D eigenvalue weighted by atomic mass is 10.3. The van der Waals surface area contributed by atoms with Crippen LogP contribution in [0.2, 0.25) is 0 Å². The van der Waals surface area contributed by atoms with E-state index in [0.29, 0.717) is 32.3 Å². The lowest BCUT2D eigenvalue weighted by molar-refractivity contribution is -0.138. The fraction of sp³-hybridized carbons (Fsp3) is 0.857. The number of carbonyl (C=O) groups is 2. The van der Waals surface area contributed by atoms with Gasteiger partial charge in [-0.3, -0.25) is 14.5 Å². The zero-order chi connectivity index (χ0) is 15.4. The van der Waals surface area contributed by atoms with Crippen molar-refractivity contribution in [1.82, 2.24) is 4.90 Å². The van der Waals surface area contributed by atoms with Gasteiger partial charge in [-0.2, -0.15) is 0 Å². The van der Waals surface area contributed by atoms with E-state index in [9.17, 15) is 9.59 Å². The molecule has 0 aliphatic rings. The average molecular weight is 289 g/mol. The van der Waals surface area contributed by atoms with E-state index < -0.39 is 5.97 Å². The Morgan fingerprint density at radius 1 is 1.00 bits per heavy atom. The molecule has 0 rings (SSSR count). The van der Waals surface area contributed by atoms with Gasteiger partial charge in [0, 0.05) is 25.6 Å². The molecule has 1 N–H and O–H groups in total. The lowest BCUT2D eigenvalue weighted by Crippen LogP contribution is -2.36. The Morgan fingerprint density at radius 2 is 1.50 bits per heavy atom. The summed E-state index contributed by atoms with van der Waals surface area (Å²) in [7, 11) is 0. The van der Waals surface area contributed by atoms with Crippen LogP contribution in [0.5, 0.6) is 0 Å². The van der Waals surface area contributed by atoms with Crippen molar-refractivity contribution in [3.05, 3.63) is 0 Å². The van der Waals surface area contributed by atoms with Crippen LogP contribution >= 0.6 is 0 Å². The number of ether oxygens (including phenoxy) is 2. The van der Waals surface area contributed by atoms with Crippen LogP contribution in [0, 0.1) is 0 Å². The van der Waals surface area contributed by atoms with Gasteiger partial charge in [0.25, 0.3) is 0 Å². The molecule has 118 valence electrons. The minimum atomic E-state index is -0.843. The molecule has 0 aromatic heterocycles. The van der Waals surface area contributed by atoms with Gasteiger partial charge in [0.15, 0.2) is 0 Å². The van der Waals surface area contributed by atoms with Crippen LogP contribution in [-0.2, 0) is 19.1 Å². The fourth-order valence-corrected chi connectivity index (χ4v) is 1.57. The first-order valence-corrected chi connectivity index (χ1v) is 7.04. The molecule has 0 fully saturated rings. The number of Topliss-reactive ketones (excluding diaryl/α,β-unsaturated/α-hetero) is 1. The molecule has 0 saturated heterocycles. The van der Waals surface area contributed by atoms with Crippen molar-refractivity contribution >= 4 is 11.8 Å². The quantitative estimate of drug-likeness (QED) is 0.513. The molecular weight excluding hydrogens is 262 g/mol. The molecule has 0 heterocycles. The zero-order valence-corrected chi connectivity index (χ0v) is 12.8. The van der Waals surface area contributed by atoms with Gasteiger partial charge in [0.2, 0.25) is 0 Å². The first kappa shape index (κ1) is 19.0.